The molecule has 0 amide bonds. The third kappa shape index (κ3) is 3.59. The zero-order valence-corrected chi connectivity index (χ0v) is 16.8. The van der Waals surface area contributed by atoms with Gasteiger partial charge in [-0.2, -0.15) is 4.98 Å². The minimum Gasteiger partial charge on any atom is -0.465 e. The Labute approximate surface area is 173 Å². The van der Waals surface area contributed by atoms with Gasteiger partial charge in [0.15, 0.2) is 0 Å². The monoisotopic (exact) mass is 402 g/mol. The molecular formula is C24H19FN2O3. The molecule has 0 spiro atoms. The Hall–Kier alpha value is -3.80. The predicted octanol–water partition coefficient (Wildman–Crippen LogP) is 5.61. The number of nitrogens with zero attached hydrogens (tertiary/aromatic N) is 2. The average Bonchev–Trinajstić information content (AvgIpc) is 3.24. The number of carbonyl (C=O) groups excluding carboxylic acids is 1. The minimum absolute atomic E-state index is 0.146. The van der Waals surface area contributed by atoms with Crippen LogP contribution in [0.15, 0.2) is 65.2 Å². The zero-order valence-electron chi connectivity index (χ0n) is 16.8. The molecule has 6 heteroatoms. The van der Waals surface area contributed by atoms with Crippen molar-refractivity contribution in [1.29, 1.82) is 0 Å². The van der Waals surface area contributed by atoms with Crippen molar-refractivity contribution in [2.45, 2.75) is 13.8 Å². The summed E-state index contributed by atoms with van der Waals surface area (Å²) >= 11 is 0. The smallest absolute Gasteiger partial charge is 0.340 e. The summed E-state index contributed by atoms with van der Waals surface area (Å²) in [5, 5.41) is 3.95. The number of benzene rings is 3. The van der Waals surface area contributed by atoms with Gasteiger partial charge in [0.2, 0.25) is 5.82 Å². The Balaban J connectivity index is 1.65. The second kappa shape index (κ2) is 7.91. The normalized spacial score (nSPS) is 10.8. The van der Waals surface area contributed by atoms with Crippen molar-refractivity contribution in [1.82, 2.24) is 10.1 Å². The van der Waals surface area contributed by atoms with Crippen molar-refractivity contribution in [2.24, 2.45) is 0 Å². The number of aromatic nitrogens is 2. The van der Waals surface area contributed by atoms with Gasteiger partial charge in [0.1, 0.15) is 5.82 Å². The topological polar surface area (TPSA) is 65.2 Å². The molecule has 0 unspecified atom stereocenters. The maximum Gasteiger partial charge on any atom is 0.340 e. The number of halogens is 1. The van der Waals surface area contributed by atoms with E-state index in [9.17, 15) is 9.18 Å². The number of hydrogen-bond acceptors (Lipinski definition) is 5. The van der Waals surface area contributed by atoms with Gasteiger partial charge in [-0.15, -0.1) is 0 Å². The van der Waals surface area contributed by atoms with Gasteiger partial charge in [-0.1, -0.05) is 35.5 Å². The maximum atomic E-state index is 14.2. The Kier molecular flexibility index (Phi) is 5.14. The van der Waals surface area contributed by atoms with Crippen molar-refractivity contribution in [3.63, 3.8) is 0 Å². The fourth-order valence-corrected chi connectivity index (χ4v) is 3.36. The standard InChI is InChI=1S/C24H19FN2O3/c1-14-6-4-5-7-18(14)19-10-9-17(12-15(19)2)23-26-22(27-30-23)16-8-11-20(21(25)13-16)24(28)29-3/h4-13H,1-3H3. The van der Waals surface area contributed by atoms with E-state index in [-0.39, 0.29) is 11.4 Å². The summed E-state index contributed by atoms with van der Waals surface area (Å²) in [6.45, 7) is 4.11. The highest BCUT2D eigenvalue weighted by molar-refractivity contribution is 5.90. The molecule has 0 aliphatic carbocycles. The number of methoxy groups -OCH3 is 1. The second-order valence-electron chi connectivity index (χ2n) is 6.95. The molecule has 4 rings (SSSR count). The number of rotatable bonds is 4. The lowest BCUT2D eigenvalue weighted by molar-refractivity contribution is 0.0595. The van der Waals surface area contributed by atoms with E-state index in [1.807, 2.05) is 37.3 Å². The zero-order chi connectivity index (χ0) is 21.3. The van der Waals surface area contributed by atoms with Crippen molar-refractivity contribution in [3.05, 3.63) is 83.2 Å². The largest absolute Gasteiger partial charge is 0.465 e. The molecule has 5 nitrogen and oxygen atoms in total. The van der Waals surface area contributed by atoms with Gasteiger partial charge in [0.05, 0.1) is 12.7 Å². The van der Waals surface area contributed by atoms with Crippen LogP contribution in [0.2, 0.25) is 0 Å². The first kappa shape index (κ1) is 19.5. The molecule has 3 aromatic carbocycles. The summed E-state index contributed by atoms with van der Waals surface area (Å²) in [6, 6.07) is 18.2. The van der Waals surface area contributed by atoms with Crippen LogP contribution in [0.5, 0.6) is 0 Å². The van der Waals surface area contributed by atoms with E-state index in [0.29, 0.717) is 11.5 Å². The van der Waals surface area contributed by atoms with E-state index in [2.05, 4.69) is 33.9 Å². The quantitative estimate of drug-likeness (QED) is 0.415. The van der Waals surface area contributed by atoms with Crippen LogP contribution in [0.4, 0.5) is 4.39 Å². The molecule has 0 saturated carbocycles. The molecule has 0 aliphatic heterocycles. The molecule has 0 atom stereocenters. The van der Waals surface area contributed by atoms with Gasteiger partial charge in [-0.05, 0) is 66.4 Å². The highest BCUT2D eigenvalue weighted by Gasteiger charge is 2.17. The SMILES string of the molecule is COC(=O)c1ccc(-c2noc(-c3ccc(-c4ccccc4C)c(C)c3)n2)cc1F. The van der Waals surface area contributed by atoms with Crippen LogP contribution in [0.25, 0.3) is 34.0 Å². The molecule has 4 aromatic rings. The van der Waals surface area contributed by atoms with Gasteiger partial charge < -0.3 is 9.26 Å². The molecule has 1 heterocycles. The van der Waals surface area contributed by atoms with Gasteiger partial charge in [0, 0.05) is 11.1 Å². The van der Waals surface area contributed by atoms with Crippen LogP contribution >= 0.6 is 0 Å². The molecule has 0 fully saturated rings. The number of carbonyl (C=O) groups is 1. The fourth-order valence-electron chi connectivity index (χ4n) is 3.36. The van der Waals surface area contributed by atoms with E-state index in [0.717, 1.165) is 16.7 Å². The Morgan fingerprint density at radius 2 is 1.67 bits per heavy atom. The van der Waals surface area contributed by atoms with Crippen LogP contribution in [-0.4, -0.2) is 23.2 Å². The Morgan fingerprint density at radius 3 is 2.37 bits per heavy atom. The molecule has 0 radical (unpaired) electrons. The summed E-state index contributed by atoms with van der Waals surface area (Å²) in [7, 11) is 1.20. The highest BCUT2D eigenvalue weighted by atomic mass is 19.1. The number of ether oxygens (including phenoxy) is 1. The molecule has 0 aliphatic rings. The minimum atomic E-state index is -0.739. The third-order valence-corrected chi connectivity index (χ3v) is 4.97. The fraction of sp³-hybridized carbons (Fsp3) is 0.125. The van der Waals surface area contributed by atoms with E-state index >= 15 is 0 Å². The summed E-state index contributed by atoms with van der Waals surface area (Å²) in [4.78, 5) is 15.9. The summed E-state index contributed by atoms with van der Waals surface area (Å²) < 4.78 is 24.2. The maximum absolute atomic E-state index is 14.2. The predicted molar refractivity (Wildman–Crippen MR) is 111 cm³/mol. The molecule has 0 saturated heterocycles. The third-order valence-electron chi connectivity index (χ3n) is 4.97. The molecule has 30 heavy (non-hydrogen) atoms. The molecule has 1 aromatic heterocycles. The van der Waals surface area contributed by atoms with Gasteiger partial charge >= 0.3 is 5.97 Å². The van der Waals surface area contributed by atoms with Crippen molar-refractivity contribution >= 4 is 5.97 Å². The second-order valence-corrected chi connectivity index (χ2v) is 6.95. The van der Waals surface area contributed by atoms with Crippen molar-refractivity contribution in [2.75, 3.05) is 7.11 Å². The van der Waals surface area contributed by atoms with E-state index in [1.165, 1.54) is 30.4 Å². The van der Waals surface area contributed by atoms with Gasteiger partial charge in [-0.25, -0.2) is 9.18 Å². The van der Waals surface area contributed by atoms with Crippen LogP contribution < -0.4 is 0 Å². The van der Waals surface area contributed by atoms with E-state index in [1.54, 1.807) is 6.07 Å². The Bertz CT molecular complexity index is 1250. The molecular weight excluding hydrogens is 383 g/mol. The summed E-state index contributed by atoms with van der Waals surface area (Å²) in [6.07, 6.45) is 0. The van der Waals surface area contributed by atoms with Crippen molar-refractivity contribution < 1.29 is 18.4 Å². The first-order valence-electron chi connectivity index (χ1n) is 9.37. The average molecular weight is 402 g/mol. The first-order valence-corrected chi connectivity index (χ1v) is 9.37. The highest BCUT2D eigenvalue weighted by Crippen LogP contribution is 2.31. The van der Waals surface area contributed by atoms with Crippen LogP contribution in [0, 0.1) is 19.7 Å². The van der Waals surface area contributed by atoms with E-state index in [4.69, 9.17) is 4.52 Å². The number of hydrogen-bond donors (Lipinski definition) is 0. The molecule has 0 bridgehead atoms. The summed E-state index contributed by atoms with van der Waals surface area (Å²) in [5.41, 5.74) is 5.62. The van der Waals surface area contributed by atoms with Crippen LogP contribution in [0.3, 0.4) is 0 Å². The van der Waals surface area contributed by atoms with Crippen LogP contribution in [0.1, 0.15) is 21.5 Å². The molecule has 0 N–H and O–H groups in total. The lowest BCUT2D eigenvalue weighted by Crippen LogP contribution is -2.04. The first-order chi connectivity index (χ1) is 14.5. The van der Waals surface area contributed by atoms with Gasteiger partial charge in [-0.3, -0.25) is 0 Å². The molecule has 150 valence electrons. The van der Waals surface area contributed by atoms with Gasteiger partial charge in [0.25, 0.3) is 5.89 Å². The summed E-state index contributed by atoms with van der Waals surface area (Å²) in [5.74, 6) is -0.871. The van der Waals surface area contributed by atoms with Crippen LogP contribution in [-0.2, 0) is 4.74 Å². The lowest BCUT2D eigenvalue weighted by atomic mass is 9.95. The number of aryl methyl sites for hydroxylation is 2. The Morgan fingerprint density at radius 1 is 0.933 bits per heavy atom. The number of esters is 1. The lowest BCUT2D eigenvalue weighted by Gasteiger charge is -2.10. The van der Waals surface area contributed by atoms with Crippen molar-refractivity contribution in [3.8, 4) is 34.0 Å². The van der Waals surface area contributed by atoms with E-state index < -0.39 is 11.8 Å².